The summed E-state index contributed by atoms with van der Waals surface area (Å²) in [4.78, 5) is 26.4. The van der Waals surface area contributed by atoms with Gasteiger partial charge >= 0.3 is 10.1 Å². The minimum atomic E-state index is -4.62. The predicted molar refractivity (Wildman–Crippen MR) is 115 cm³/mol. The van der Waals surface area contributed by atoms with Gasteiger partial charge in [-0.25, -0.2) is 13.8 Å². The van der Waals surface area contributed by atoms with E-state index < -0.39 is 49.3 Å². The van der Waals surface area contributed by atoms with E-state index in [9.17, 15) is 32.1 Å². The highest BCUT2D eigenvalue weighted by atomic mass is 32.2. The summed E-state index contributed by atoms with van der Waals surface area (Å²) in [5, 5.41) is 13.6. The second kappa shape index (κ2) is 8.91. The first-order chi connectivity index (χ1) is 16.0. The van der Waals surface area contributed by atoms with Crippen LogP contribution in [0.4, 0.5) is 20.3 Å². The Bertz CT molecular complexity index is 1370. The summed E-state index contributed by atoms with van der Waals surface area (Å²) in [7, 11) is -4.62. The molecule has 0 saturated heterocycles. The van der Waals surface area contributed by atoms with E-state index in [1.807, 2.05) is 0 Å². The largest absolute Gasteiger partial charge is 0.325 e. The van der Waals surface area contributed by atoms with Crippen LogP contribution in [-0.4, -0.2) is 34.9 Å². The number of anilines is 1. The Kier molecular flexibility index (Phi) is 6.15. The van der Waals surface area contributed by atoms with Crippen molar-refractivity contribution in [3.8, 4) is 0 Å². The number of carbonyl (C=O) groups excluding carboxylic acids is 1. The Hall–Kier alpha value is -3.71. The number of aromatic nitrogens is 2. The minimum absolute atomic E-state index is 0.0973. The average Bonchev–Trinajstić information content (AvgIpc) is 3.32. The third kappa shape index (κ3) is 4.65. The molecule has 2 unspecified atom stereocenters. The third-order valence-corrected chi connectivity index (χ3v) is 6.70. The molecule has 0 radical (unpaired) electrons. The molecule has 4 rings (SSSR count). The van der Waals surface area contributed by atoms with Gasteiger partial charge in [0.2, 0.25) is 0 Å². The topological polar surface area (TPSA) is 133 Å². The summed E-state index contributed by atoms with van der Waals surface area (Å²) in [6.07, 6.45) is 1.01. The molecule has 1 amide bonds. The first kappa shape index (κ1) is 23.4. The molecule has 0 saturated carbocycles. The van der Waals surface area contributed by atoms with Gasteiger partial charge in [-0.05, 0) is 37.1 Å². The number of nitro benzene ring substituents is 1. The van der Waals surface area contributed by atoms with Crippen LogP contribution < -0.4 is 5.32 Å². The molecule has 0 bridgehead atoms. The summed E-state index contributed by atoms with van der Waals surface area (Å²) in [5.41, 5.74) is -0.265. The van der Waals surface area contributed by atoms with Crippen LogP contribution in [0.3, 0.4) is 0 Å². The molecular formula is C21H18F2N4O6S. The van der Waals surface area contributed by atoms with E-state index in [4.69, 9.17) is 4.18 Å². The van der Waals surface area contributed by atoms with E-state index >= 15 is 0 Å². The van der Waals surface area contributed by atoms with Crippen LogP contribution in [0, 0.1) is 21.7 Å². The lowest BCUT2D eigenvalue weighted by Crippen LogP contribution is -2.30. The van der Waals surface area contributed by atoms with Crippen molar-refractivity contribution in [1.29, 1.82) is 0 Å². The maximum Gasteiger partial charge on any atom is 0.304 e. The van der Waals surface area contributed by atoms with Crippen molar-refractivity contribution in [2.24, 2.45) is 0 Å². The molecule has 1 aliphatic heterocycles. The highest BCUT2D eigenvalue weighted by Crippen LogP contribution is 2.33. The molecule has 10 nitrogen and oxygen atoms in total. The summed E-state index contributed by atoms with van der Waals surface area (Å²) in [6.45, 7) is 1.17. The highest BCUT2D eigenvalue weighted by Gasteiger charge is 2.31. The van der Waals surface area contributed by atoms with Crippen molar-refractivity contribution < 1.29 is 31.1 Å². The zero-order valence-corrected chi connectivity index (χ0v) is 18.5. The first-order valence-corrected chi connectivity index (χ1v) is 11.5. The number of carbonyl (C=O) groups is 1. The minimum Gasteiger partial charge on any atom is -0.325 e. The van der Waals surface area contributed by atoms with E-state index in [1.165, 1.54) is 37.4 Å². The van der Waals surface area contributed by atoms with E-state index in [0.717, 1.165) is 18.2 Å². The number of halogens is 2. The number of nitro groups is 1. The van der Waals surface area contributed by atoms with Crippen LogP contribution in [0.5, 0.6) is 0 Å². The van der Waals surface area contributed by atoms with Crippen LogP contribution in [0.15, 0.2) is 53.6 Å². The predicted octanol–water partition coefficient (Wildman–Crippen LogP) is 3.34. The number of nitrogens with zero attached hydrogens (tertiary/aromatic N) is 3. The zero-order valence-electron chi connectivity index (χ0n) is 17.6. The number of para-hydroxylation sites is 1. The maximum atomic E-state index is 13.6. The van der Waals surface area contributed by atoms with Gasteiger partial charge in [-0.1, -0.05) is 12.1 Å². The fourth-order valence-electron chi connectivity index (χ4n) is 3.78. The Morgan fingerprint density at radius 3 is 2.62 bits per heavy atom. The number of nitrogens with one attached hydrogen (secondary N) is 1. The van der Waals surface area contributed by atoms with Gasteiger partial charge in [-0.15, -0.1) is 0 Å². The molecule has 0 fully saturated rings. The second-order valence-electron chi connectivity index (χ2n) is 7.61. The Labute approximate surface area is 192 Å². The summed E-state index contributed by atoms with van der Waals surface area (Å²) >= 11 is 0. The number of fused-ring (bicyclic) bond motifs is 1. The summed E-state index contributed by atoms with van der Waals surface area (Å²) in [6, 6.07) is 7.46. The average molecular weight is 492 g/mol. The number of imidazole rings is 1. The highest BCUT2D eigenvalue weighted by molar-refractivity contribution is 7.87. The molecule has 3 aromatic rings. The molecule has 0 aliphatic carbocycles. The Morgan fingerprint density at radius 1 is 1.26 bits per heavy atom. The van der Waals surface area contributed by atoms with Crippen molar-refractivity contribution >= 4 is 27.5 Å². The fraction of sp³-hybridized carbons (Fsp3) is 0.238. The molecule has 13 heteroatoms. The van der Waals surface area contributed by atoms with Crippen LogP contribution in [-0.2, 0) is 25.5 Å². The SMILES string of the molecule is CC(OS(=O)(=O)c1ccccc1[N+](=O)[O-])C(=O)Nc1cn2c(n1)CCC2c1cc(F)cc(F)c1. The number of aryl methyl sites for hydroxylation is 1. The molecule has 0 spiro atoms. The number of amides is 1. The third-order valence-electron chi connectivity index (χ3n) is 5.28. The van der Waals surface area contributed by atoms with Crippen LogP contribution in [0.1, 0.15) is 30.8 Å². The van der Waals surface area contributed by atoms with Gasteiger partial charge in [0.15, 0.2) is 16.8 Å². The molecule has 1 N–H and O–H groups in total. The van der Waals surface area contributed by atoms with Gasteiger partial charge in [-0.3, -0.25) is 19.1 Å². The quantitative estimate of drug-likeness (QED) is 0.304. The molecule has 2 heterocycles. The second-order valence-corrected chi connectivity index (χ2v) is 9.15. The van der Waals surface area contributed by atoms with Crippen molar-refractivity contribution in [3.05, 3.63) is 81.8 Å². The number of benzene rings is 2. The van der Waals surface area contributed by atoms with Crippen molar-refractivity contribution in [3.63, 3.8) is 0 Å². The maximum absolute atomic E-state index is 13.6. The smallest absolute Gasteiger partial charge is 0.304 e. The molecule has 34 heavy (non-hydrogen) atoms. The Morgan fingerprint density at radius 2 is 1.94 bits per heavy atom. The summed E-state index contributed by atoms with van der Waals surface area (Å²) < 4.78 is 58.8. The molecule has 2 atom stereocenters. The summed E-state index contributed by atoms with van der Waals surface area (Å²) in [5.74, 6) is -1.59. The van der Waals surface area contributed by atoms with Crippen molar-refractivity contribution in [1.82, 2.24) is 9.55 Å². The first-order valence-electron chi connectivity index (χ1n) is 10.1. The van der Waals surface area contributed by atoms with Gasteiger partial charge in [0, 0.05) is 24.8 Å². The van der Waals surface area contributed by atoms with Crippen LogP contribution >= 0.6 is 0 Å². The van der Waals surface area contributed by atoms with Crippen LogP contribution in [0.2, 0.25) is 0 Å². The van der Waals surface area contributed by atoms with Crippen molar-refractivity contribution in [2.75, 3.05) is 5.32 Å². The lowest BCUT2D eigenvalue weighted by atomic mass is 10.0. The Balaban J connectivity index is 1.48. The van der Waals surface area contributed by atoms with Gasteiger partial charge < -0.3 is 9.88 Å². The number of hydrogen-bond donors (Lipinski definition) is 1. The fourth-order valence-corrected chi connectivity index (χ4v) is 4.99. The molecule has 178 valence electrons. The monoisotopic (exact) mass is 492 g/mol. The normalized spacial score (nSPS) is 16.1. The molecule has 1 aliphatic rings. The lowest BCUT2D eigenvalue weighted by Gasteiger charge is -2.14. The van der Waals surface area contributed by atoms with E-state index in [0.29, 0.717) is 24.2 Å². The van der Waals surface area contributed by atoms with Gasteiger partial charge in [0.05, 0.1) is 11.0 Å². The van der Waals surface area contributed by atoms with E-state index in [2.05, 4.69) is 10.3 Å². The van der Waals surface area contributed by atoms with E-state index in [-0.39, 0.29) is 11.9 Å². The van der Waals surface area contributed by atoms with Gasteiger partial charge in [-0.2, -0.15) is 8.42 Å². The standard InChI is InChI=1S/C21H18F2N4O6S/c1-12(33-34(31,32)18-5-3-2-4-17(18)27(29)30)21(28)25-19-11-26-16(6-7-20(26)24-19)13-8-14(22)10-15(23)9-13/h2-5,8-12,16H,6-7H2,1H3,(H,25,28). The number of hydrogen-bond acceptors (Lipinski definition) is 7. The van der Waals surface area contributed by atoms with Gasteiger partial charge in [0.25, 0.3) is 11.6 Å². The zero-order chi connectivity index (χ0) is 24.6. The van der Waals surface area contributed by atoms with Gasteiger partial charge in [0.1, 0.15) is 17.5 Å². The number of rotatable bonds is 7. The van der Waals surface area contributed by atoms with Crippen LogP contribution in [0.25, 0.3) is 0 Å². The van der Waals surface area contributed by atoms with Crippen molar-refractivity contribution in [2.45, 2.75) is 36.8 Å². The molecule has 1 aromatic heterocycles. The van der Waals surface area contributed by atoms with E-state index in [1.54, 1.807) is 4.57 Å². The lowest BCUT2D eigenvalue weighted by molar-refractivity contribution is -0.387. The molecule has 2 aromatic carbocycles. The molecular weight excluding hydrogens is 474 g/mol.